The van der Waals surface area contributed by atoms with Gasteiger partial charge < -0.3 is 14.6 Å². The van der Waals surface area contributed by atoms with Crippen LogP contribution in [0.5, 0.6) is 0 Å². The van der Waals surface area contributed by atoms with Crippen LogP contribution in [0, 0.1) is 12.8 Å². The van der Waals surface area contributed by atoms with Crippen LogP contribution in [0.4, 0.5) is 0 Å². The molecule has 1 fully saturated rings. The summed E-state index contributed by atoms with van der Waals surface area (Å²) in [6.07, 6.45) is 2.84. The van der Waals surface area contributed by atoms with Gasteiger partial charge >= 0.3 is 0 Å². The Bertz CT molecular complexity index is 433. The maximum Gasteiger partial charge on any atom is 0.223 e. The van der Waals surface area contributed by atoms with E-state index in [1.54, 1.807) is 0 Å². The van der Waals surface area contributed by atoms with Crippen molar-refractivity contribution in [3.63, 3.8) is 0 Å². The van der Waals surface area contributed by atoms with E-state index in [9.17, 15) is 4.79 Å². The molecule has 4 heteroatoms. The average molecular weight is 278 g/mol. The van der Waals surface area contributed by atoms with Crippen LogP contribution >= 0.6 is 0 Å². The lowest BCUT2D eigenvalue weighted by Gasteiger charge is -2.26. The Kier molecular flexibility index (Phi) is 5.24. The molecule has 112 valence electrons. The van der Waals surface area contributed by atoms with Crippen LogP contribution in [-0.2, 0) is 11.3 Å². The van der Waals surface area contributed by atoms with Gasteiger partial charge in [-0.05, 0) is 64.8 Å². The molecule has 1 amide bonds. The summed E-state index contributed by atoms with van der Waals surface area (Å²) in [6, 6.07) is 4.11. The fourth-order valence-electron chi connectivity index (χ4n) is 2.73. The Balaban J connectivity index is 1.88. The molecule has 0 aromatic carbocycles. The average Bonchev–Trinajstić information content (AvgIpc) is 3.04. The number of hydrogen-bond donors (Lipinski definition) is 1. The first-order chi connectivity index (χ1) is 9.56. The second-order valence-corrected chi connectivity index (χ2v) is 6.03. The smallest absolute Gasteiger partial charge is 0.223 e. The zero-order valence-electron chi connectivity index (χ0n) is 12.8. The molecule has 2 heterocycles. The normalized spacial score (nSPS) is 18.7. The summed E-state index contributed by atoms with van der Waals surface area (Å²) < 4.78 is 5.59. The van der Waals surface area contributed by atoms with E-state index in [-0.39, 0.29) is 11.9 Å². The zero-order chi connectivity index (χ0) is 14.5. The Hall–Kier alpha value is -1.29. The minimum atomic E-state index is 0.203. The molecular formula is C16H26N2O2. The quantitative estimate of drug-likeness (QED) is 0.870. The summed E-state index contributed by atoms with van der Waals surface area (Å²) in [7, 11) is 0. The molecule has 0 aliphatic carbocycles. The minimum Gasteiger partial charge on any atom is -0.464 e. The van der Waals surface area contributed by atoms with E-state index in [0.717, 1.165) is 31.0 Å². The maximum atomic E-state index is 12.4. The summed E-state index contributed by atoms with van der Waals surface area (Å²) in [5.41, 5.74) is 0. The van der Waals surface area contributed by atoms with Crippen molar-refractivity contribution < 1.29 is 9.21 Å². The molecule has 1 aromatic heterocycles. The lowest BCUT2D eigenvalue weighted by molar-refractivity contribution is -0.134. The predicted molar refractivity (Wildman–Crippen MR) is 79.3 cm³/mol. The number of nitrogens with zero attached hydrogens (tertiary/aromatic N) is 1. The van der Waals surface area contributed by atoms with Crippen LogP contribution in [0.3, 0.4) is 0 Å². The lowest BCUT2D eigenvalue weighted by atomic mass is 10.0. The first-order valence-electron chi connectivity index (χ1n) is 7.61. The van der Waals surface area contributed by atoms with Crippen LogP contribution in [-0.4, -0.2) is 29.9 Å². The van der Waals surface area contributed by atoms with Gasteiger partial charge in [0.05, 0.1) is 6.54 Å². The SMILES string of the molecule is Cc1ccc(CN(C(=O)CCC2CCNC2)C(C)C)o1. The topological polar surface area (TPSA) is 45.5 Å². The number of aryl methyl sites for hydroxylation is 1. The Labute approximate surface area is 121 Å². The molecule has 1 aromatic rings. The highest BCUT2D eigenvalue weighted by atomic mass is 16.3. The van der Waals surface area contributed by atoms with Crippen molar-refractivity contribution in [1.82, 2.24) is 10.2 Å². The zero-order valence-corrected chi connectivity index (χ0v) is 12.8. The van der Waals surface area contributed by atoms with Crippen molar-refractivity contribution in [2.24, 2.45) is 5.92 Å². The van der Waals surface area contributed by atoms with E-state index in [4.69, 9.17) is 4.42 Å². The number of nitrogens with one attached hydrogen (secondary N) is 1. The molecule has 1 aliphatic rings. The molecule has 0 bridgehead atoms. The van der Waals surface area contributed by atoms with Crippen LogP contribution in [0.25, 0.3) is 0 Å². The highest BCUT2D eigenvalue weighted by Gasteiger charge is 2.21. The molecule has 20 heavy (non-hydrogen) atoms. The molecule has 0 spiro atoms. The van der Waals surface area contributed by atoms with Gasteiger partial charge in [-0.2, -0.15) is 0 Å². The van der Waals surface area contributed by atoms with Crippen molar-refractivity contribution in [2.75, 3.05) is 13.1 Å². The Morgan fingerprint density at radius 3 is 2.85 bits per heavy atom. The van der Waals surface area contributed by atoms with E-state index in [1.165, 1.54) is 6.42 Å². The highest BCUT2D eigenvalue weighted by Crippen LogP contribution is 2.18. The molecule has 1 N–H and O–H groups in total. The number of carbonyl (C=O) groups excluding carboxylic acids is 1. The standard InChI is InChI=1S/C16H26N2O2/c1-12(2)18(11-15-6-4-13(3)20-15)16(19)7-5-14-8-9-17-10-14/h4,6,12,14,17H,5,7-11H2,1-3H3. The molecule has 2 rings (SSSR count). The molecule has 1 saturated heterocycles. The van der Waals surface area contributed by atoms with Crippen molar-refractivity contribution in [3.05, 3.63) is 23.7 Å². The number of furan rings is 1. The second-order valence-electron chi connectivity index (χ2n) is 6.03. The highest BCUT2D eigenvalue weighted by molar-refractivity contribution is 5.76. The Morgan fingerprint density at radius 1 is 1.50 bits per heavy atom. The number of amides is 1. The molecule has 1 unspecified atom stereocenters. The van der Waals surface area contributed by atoms with Crippen molar-refractivity contribution in [3.8, 4) is 0 Å². The van der Waals surface area contributed by atoms with Gasteiger partial charge in [0, 0.05) is 12.5 Å². The third kappa shape index (κ3) is 4.10. The fraction of sp³-hybridized carbons (Fsp3) is 0.688. The summed E-state index contributed by atoms with van der Waals surface area (Å²) in [6.45, 7) is 8.78. The van der Waals surface area contributed by atoms with E-state index in [0.29, 0.717) is 18.9 Å². The van der Waals surface area contributed by atoms with Crippen LogP contribution in [0.1, 0.15) is 44.6 Å². The molecule has 1 aliphatic heterocycles. The van der Waals surface area contributed by atoms with Crippen molar-refractivity contribution in [2.45, 2.75) is 52.6 Å². The van der Waals surface area contributed by atoms with Gasteiger partial charge in [-0.15, -0.1) is 0 Å². The van der Waals surface area contributed by atoms with Crippen molar-refractivity contribution >= 4 is 5.91 Å². The van der Waals surface area contributed by atoms with Gasteiger partial charge in [-0.25, -0.2) is 0 Å². The van der Waals surface area contributed by atoms with Crippen LogP contribution in [0.15, 0.2) is 16.5 Å². The molecule has 0 saturated carbocycles. The van der Waals surface area contributed by atoms with Gasteiger partial charge in [0.2, 0.25) is 5.91 Å². The summed E-state index contributed by atoms with van der Waals surface area (Å²) in [5, 5.41) is 3.35. The lowest BCUT2D eigenvalue weighted by Crippen LogP contribution is -2.36. The number of hydrogen-bond acceptors (Lipinski definition) is 3. The van der Waals surface area contributed by atoms with Gasteiger partial charge in [-0.3, -0.25) is 4.79 Å². The minimum absolute atomic E-state index is 0.203. The molecular weight excluding hydrogens is 252 g/mol. The third-order valence-corrected chi connectivity index (χ3v) is 3.99. The predicted octanol–water partition coefficient (Wildman–Crippen LogP) is 2.71. The largest absolute Gasteiger partial charge is 0.464 e. The molecule has 0 radical (unpaired) electrons. The number of carbonyl (C=O) groups is 1. The second kappa shape index (κ2) is 6.93. The monoisotopic (exact) mass is 278 g/mol. The van der Waals surface area contributed by atoms with E-state index >= 15 is 0 Å². The van der Waals surface area contributed by atoms with Gasteiger partial charge in [0.15, 0.2) is 0 Å². The van der Waals surface area contributed by atoms with Crippen molar-refractivity contribution in [1.29, 1.82) is 0 Å². The van der Waals surface area contributed by atoms with Gasteiger partial charge in [0.25, 0.3) is 0 Å². The molecule has 1 atom stereocenters. The first-order valence-corrected chi connectivity index (χ1v) is 7.61. The van der Waals surface area contributed by atoms with Gasteiger partial charge in [-0.1, -0.05) is 0 Å². The summed E-state index contributed by atoms with van der Waals surface area (Å²) in [5.74, 6) is 2.67. The third-order valence-electron chi connectivity index (χ3n) is 3.99. The van der Waals surface area contributed by atoms with E-state index < -0.39 is 0 Å². The first kappa shape index (κ1) is 15.1. The van der Waals surface area contributed by atoms with Crippen LogP contribution < -0.4 is 5.32 Å². The summed E-state index contributed by atoms with van der Waals surface area (Å²) >= 11 is 0. The van der Waals surface area contributed by atoms with Crippen LogP contribution in [0.2, 0.25) is 0 Å². The maximum absolute atomic E-state index is 12.4. The van der Waals surface area contributed by atoms with E-state index in [1.807, 2.05) is 24.0 Å². The van der Waals surface area contributed by atoms with Gasteiger partial charge in [0.1, 0.15) is 11.5 Å². The Morgan fingerprint density at radius 2 is 2.30 bits per heavy atom. The molecule has 4 nitrogen and oxygen atoms in total. The number of rotatable bonds is 6. The fourth-order valence-corrected chi connectivity index (χ4v) is 2.73. The van der Waals surface area contributed by atoms with E-state index in [2.05, 4.69) is 19.2 Å². The summed E-state index contributed by atoms with van der Waals surface area (Å²) in [4.78, 5) is 14.3.